The Hall–Kier alpha value is -4.75. The summed E-state index contributed by atoms with van der Waals surface area (Å²) in [5.41, 5.74) is 2.86. The van der Waals surface area contributed by atoms with Crippen molar-refractivity contribution < 1.29 is 28.2 Å². The molecule has 236 valence electrons. The zero-order valence-corrected chi connectivity index (χ0v) is 25.7. The fraction of sp³-hybridized carbons (Fsp3) is 0.323. The first-order valence-electron chi connectivity index (χ1n) is 14.4. The molecule has 5 rings (SSSR count). The Morgan fingerprint density at radius 1 is 1.20 bits per heavy atom. The van der Waals surface area contributed by atoms with Gasteiger partial charge in [-0.25, -0.2) is 18.9 Å². The number of anilines is 2. The van der Waals surface area contributed by atoms with Crippen LogP contribution in [0.2, 0.25) is 5.02 Å². The number of nitrogens with zero attached hydrogens (tertiary/aromatic N) is 3. The first-order chi connectivity index (χ1) is 21.7. The van der Waals surface area contributed by atoms with Crippen molar-refractivity contribution in [1.29, 1.82) is 0 Å². The van der Waals surface area contributed by atoms with Crippen molar-refractivity contribution in [2.75, 3.05) is 31.0 Å². The highest BCUT2D eigenvalue weighted by atomic mass is 35.5. The monoisotopic (exact) mass is 637 g/mol. The number of aromatic nitrogens is 4. The maximum absolute atomic E-state index is 14.7. The van der Waals surface area contributed by atoms with Gasteiger partial charge in [-0.3, -0.25) is 14.9 Å². The van der Waals surface area contributed by atoms with E-state index in [9.17, 15) is 18.8 Å². The number of amides is 3. The third-order valence-electron chi connectivity index (χ3n) is 7.54. The van der Waals surface area contributed by atoms with Crippen LogP contribution in [0, 0.1) is 18.7 Å². The van der Waals surface area contributed by atoms with Crippen molar-refractivity contribution in [3.8, 4) is 16.9 Å². The summed E-state index contributed by atoms with van der Waals surface area (Å²) < 4.78 is 26.0. The predicted octanol–water partition coefficient (Wildman–Crippen LogP) is 5.79. The van der Waals surface area contributed by atoms with E-state index in [0.29, 0.717) is 53.4 Å². The molecule has 0 saturated carbocycles. The summed E-state index contributed by atoms with van der Waals surface area (Å²) in [6.07, 6.45) is 4.10. The lowest BCUT2D eigenvalue weighted by molar-refractivity contribution is -0.119. The third kappa shape index (κ3) is 7.15. The number of fused-ring (bicyclic) bond motifs is 4. The Morgan fingerprint density at radius 2 is 2.02 bits per heavy atom. The van der Waals surface area contributed by atoms with E-state index >= 15 is 0 Å². The van der Waals surface area contributed by atoms with Gasteiger partial charge in [0.1, 0.15) is 18.1 Å². The summed E-state index contributed by atoms with van der Waals surface area (Å²) in [7, 11) is 1.51. The number of aromatic amines is 1. The molecule has 3 heterocycles. The van der Waals surface area contributed by atoms with Crippen LogP contribution in [0.4, 0.5) is 20.6 Å². The van der Waals surface area contributed by atoms with Gasteiger partial charge >= 0.3 is 6.09 Å². The number of H-pyrrole nitrogens is 1. The molecule has 3 amide bonds. The lowest BCUT2D eigenvalue weighted by atomic mass is 9.99. The van der Waals surface area contributed by atoms with Crippen molar-refractivity contribution in [2.24, 2.45) is 5.92 Å². The summed E-state index contributed by atoms with van der Waals surface area (Å²) in [6, 6.07) is 9.11. The molecule has 0 spiro atoms. The van der Waals surface area contributed by atoms with Crippen molar-refractivity contribution in [3.05, 3.63) is 76.7 Å². The topological polar surface area (TPSA) is 152 Å². The highest BCUT2D eigenvalue weighted by molar-refractivity contribution is 6.30. The van der Waals surface area contributed by atoms with Gasteiger partial charge in [0, 0.05) is 30.5 Å². The van der Waals surface area contributed by atoms with E-state index in [2.05, 4.69) is 26.0 Å². The van der Waals surface area contributed by atoms with Crippen LogP contribution >= 0.6 is 11.6 Å². The van der Waals surface area contributed by atoms with Gasteiger partial charge in [-0.05, 0) is 50.1 Å². The Labute approximate surface area is 263 Å². The number of carbonyl (C=O) groups excluding carboxylic acids is 3. The summed E-state index contributed by atoms with van der Waals surface area (Å²) in [6.45, 7) is 3.87. The summed E-state index contributed by atoms with van der Waals surface area (Å²) >= 11 is 5.95. The van der Waals surface area contributed by atoms with E-state index in [0.717, 1.165) is 0 Å². The molecule has 2 aromatic carbocycles. The normalized spacial score (nSPS) is 16.5. The van der Waals surface area contributed by atoms with Gasteiger partial charge in [-0.15, -0.1) is 0 Å². The van der Waals surface area contributed by atoms with Gasteiger partial charge in [-0.1, -0.05) is 31.0 Å². The van der Waals surface area contributed by atoms with Crippen LogP contribution in [0.15, 0.2) is 48.8 Å². The fourth-order valence-corrected chi connectivity index (χ4v) is 5.20. The first-order valence-corrected chi connectivity index (χ1v) is 14.8. The number of carbonyl (C=O) groups is 3. The highest BCUT2D eigenvalue weighted by Gasteiger charge is 2.25. The number of hydrogen-bond acceptors (Lipinski definition) is 7. The van der Waals surface area contributed by atoms with Gasteiger partial charge in [0.25, 0.3) is 5.91 Å². The van der Waals surface area contributed by atoms with Crippen LogP contribution in [0.1, 0.15) is 54.1 Å². The van der Waals surface area contributed by atoms with Crippen LogP contribution < -0.4 is 16.0 Å². The number of methoxy groups -OCH3 is 1. The molecule has 45 heavy (non-hydrogen) atoms. The van der Waals surface area contributed by atoms with Crippen LogP contribution in [-0.2, 0) is 14.3 Å². The number of imidazole rings is 1. The van der Waals surface area contributed by atoms with E-state index in [4.69, 9.17) is 26.1 Å². The molecule has 0 aliphatic carbocycles. The third-order valence-corrected chi connectivity index (χ3v) is 7.84. The number of nitrogens with one attached hydrogen (secondary N) is 4. The molecule has 0 unspecified atom stereocenters. The maximum Gasteiger partial charge on any atom is 0.411 e. The molecule has 0 radical (unpaired) electrons. The van der Waals surface area contributed by atoms with E-state index in [1.807, 2.05) is 6.92 Å². The van der Waals surface area contributed by atoms with Crippen LogP contribution in [0.3, 0.4) is 0 Å². The number of benzene rings is 2. The molecule has 0 saturated heterocycles. The molecule has 2 bridgehead atoms. The Bertz CT molecular complexity index is 1720. The lowest BCUT2D eigenvalue weighted by Crippen LogP contribution is -2.30. The van der Waals surface area contributed by atoms with Crippen LogP contribution in [-0.4, -0.2) is 58.0 Å². The summed E-state index contributed by atoms with van der Waals surface area (Å²) in [5.74, 6) is -1.04. The minimum absolute atomic E-state index is 0.0485. The molecular formula is C31H33ClFN7O5. The Balaban J connectivity index is 1.41. The second-order valence-corrected chi connectivity index (χ2v) is 11.1. The number of halogens is 2. The van der Waals surface area contributed by atoms with Crippen LogP contribution in [0.25, 0.3) is 16.9 Å². The van der Waals surface area contributed by atoms with Gasteiger partial charge in [0.05, 0.1) is 46.5 Å². The number of hydrogen-bond donors (Lipinski definition) is 4. The molecule has 2 atom stereocenters. The van der Waals surface area contributed by atoms with Crippen molar-refractivity contribution in [2.45, 2.75) is 39.2 Å². The predicted molar refractivity (Wildman–Crippen MR) is 166 cm³/mol. The second-order valence-electron chi connectivity index (χ2n) is 10.7. The van der Waals surface area contributed by atoms with Gasteiger partial charge in [-0.2, -0.15) is 5.10 Å². The molecule has 12 nitrogen and oxygen atoms in total. The minimum atomic E-state index is -0.654. The quantitative estimate of drug-likeness (QED) is 0.187. The zero-order valence-electron chi connectivity index (χ0n) is 24.9. The van der Waals surface area contributed by atoms with Crippen molar-refractivity contribution in [1.82, 2.24) is 25.1 Å². The van der Waals surface area contributed by atoms with Gasteiger partial charge < -0.3 is 25.1 Å². The standard InChI is InChI=1S/C31H33ClFN7O5/c1-17-6-4-8-23(38-30(42)21-15-35-40(18(21)2)26-9-5-7-22(32)27(26)33)28-34-16-25(37-28)20-11-10-19(14-24(20)39-29(17)41)36-31(43)45-13-12-44-3/h5,7,9-11,14-17,23H,4,6,8,12-13H2,1-3H3,(H,34,37)(H,36,43)(H,38,42)(H,39,41)/t17-,23-/m0/s1. The van der Waals surface area contributed by atoms with Gasteiger partial charge in [0.2, 0.25) is 5.91 Å². The van der Waals surface area contributed by atoms with Crippen LogP contribution in [0.5, 0.6) is 0 Å². The SMILES string of the molecule is COCCOC(=O)Nc1ccc2c(c1)NC(=O)[C@@H](C)CCC[C@H](NC(=O)c1cnn(-c3cccc(Cl)c3F)c1C)c1nc-2c[nH]1. The van der Waals surface area contributed by atoms with E-state index in [1.54, 1.807) is 37.4 Å². The number of rotatable bonds is 7. The van der Waals surface area contributed by atoms with Crippen molar-refractivity contribution in [3.63, 3.8) is 0 Å². The maximum atomic E-state index is 14.7. The zero-order chi connectivity index (χ0) is 32.1. The average Bonchev–Trinajstić information content (AvgIpc) is 3.65. The molecule has 0 fully saturated rings. The molecule has 2 aromatic heterocycles. The first kappa shape index (κ1) is 31.7. The summed E-state index contributed by atoms with van der Waals surface area (Å²) in [4.78, 5) is 46.7. The average molecular weight is 638 g/mol. The lowest BCUT2D eigenvalue weighted by Gasteiger charge is -2.20. The molecule has 4 aromatic rings. The largest absolute Gasteiger partial charge is 0.447 e. The Morgan fingerprint density at radius 3 is 2.82 bits per heavy atom. The molecule has 1 aliphatic heterocycles. The molecule has 14 heteroatoms. The minimum Gasteiger partial charge on any atom is -0.447 e. The van der Waals surface area contributed by atoms with Gasteiger partial charge in [0.15, 0.2) is 5.82 Å². The highest BCUT2D eigenvalue weighted by Crippen LogP contribution is 2.33. The molecular weight excluding hydrogens is 605 g/mol. The van der Waals surface area contributed by atoms with Crippen molar-refractivity contribution >= 4 is 40.9 Å². The molecule has 4 N–H and O–H groups in total. The second kappa shape index (κ2) is 13.9. The fourth-order valence-electron chi connectivity index (χ4n) is 5.03. The van der Waals surface area contributed by atoms with E-state index in [-0.39, 0.29) is 41.3 Å². The van der Waals surface area contributed by atoms with E-state index in [1.165, 1.54) is 30.1 Å². The smallest absolute Gasteiger partial charge is 0.411 e. The Kier molecular flexibility index (Phi) is 9.79. The van der Waals surface area contributed by atoms with E-state index < -0.39 is 23.9 Å². The number of ether oxygens (including phenoxy) is 2. The summed E-state index contributed by atoms with van der Waals surface area (Å²) in [5, 5.41) is 12.8. The molecule has 1 aliphatic rings.